The van der Waals surface area contributed by atoms with Gasteiger partial charge in [-0.1, -0.05) is 48.5 Å². The van der Waals surface area contributed by atoms with E-state index >= 15 is 0 Å². The Balaban J connectivity index is 0.856. The molecule has 0 amide bonds. The van der Waals surface area contributed by atoms with Gasteiger partial charge in [0.15, 0.2) is 11.2 Å². The first-order valence-corrected chi connectivity index (χ1v) is 25.4. The van der Waals surface area contributed by atoms with Crippen LogP contribution in [0, 0.1) is 41.5 Å². The summed E-state index contributed by atoms with van der Waals surface area (Å²) in [6, 6.07) is 65.3. The summed E-state index contributed by atoms with van der Waals surface area (Å²) >= 11 is 0. The molecule has 15 aromatic rings. The monoisotopic (exact) mass is 956 g/mol. The number of nitrogens with zero attached hydrogens (tertiary/aromatic N) is 2. The summed E-state index contributed by atoms with van der Waals surface area (Å²) in [5.41, 5.74) is 20.8. The van der Waals surface area contributed by atoms with Crippen molar-refractivity contribution in [2.45, 2.75) is 41.5 Å². The molecule has 0 atom stereocenters. The van der Waals surface area contributed by atoms with Crippen LogP contribution in [0.2, 0.25) is 0 Å². The van der Waals surface area contributed by atoms with Gasteiger partial charge in [0.1, 0.15) is 33.5 Å². The van der Waals surface area contributed by atoms with E-state index in [2.05, 4.69) is 209 Å². The summed E-state index contributed by atoms with van der Waals surface area (Å²) in [5.74, 6) is 0. The molecule has 0 aliphatic carbocycles. The van der Waals surface area contributed by atoms with Crippen molar-refractivity contribution in [3.8, 4) is 0 Å². The zero-order chi connectivity index (χ0) is 49.7. The van der Waals surface area contributed by atoms with E-state index in [0.29, 0.717) is 0 Å². The number of furan rings is 4. The average molecular weight is 957 g/mol. The maximum Gasteiger partial charge on any atom is 0.178 e. The third-order valence-corrected chi connectivity index (χ3v) is 16.1. The van der Waals surface area contributed by atoms with Crippen molar-refractivity contribution < 1.29 is 17.7 Å². The molecule has 0 bridgehead atoms. The first-order chi connectivity index (χ1) is 36.1. The highest BCUT2D eigenvalue weighted by Gasteiger charge is 2.23. The van der Waals surface area contributed by atoms with Gasteiger partial charge in [-0.05, 0) is 219 Å². The Hall–Kier alpha value is -9.26. The minimum absolute atomic E-state index is 0.751. The van der Waals surface area contributed by atoms with E-state index in [1.807, 2.05) is 24.3 Å². The summed E-state index contributed by atoms with van der Waals surface area (Å²) in [4.78, 5) is 4.72. The largest absolute Gasteiger partial charge is 0.456 e. The van der Waals surface area contributed by atoms with Crippen molar-refractivity contribution in [1.29, 1.82) is 0 Å². The number of aryl methyl sites for hydroxylation is 4. The van der Waals surface area contributed by atoms with Crippen LogP contribution in [-0.2, 0) is 0 Å². The number of hydrogen-bond donors (Lipinski definition) is 0. The number of anilines is 6. The van der Waals surface area contributed by atoms with Crippen LogP contribution < -0.4 is 9.80 Å². The van der Waals surface area contributed by atoms with Crippen LogP contribution >= 0.6 is 0 Å². The lowest BCUT2D eigenvalue weighted by molar-refractivity contribution is 0.637. The van der Waals surface area contributed by atoms with Gasteiger partial charge in [-0.15, -0.1) is 0 Å². The SMILES string of the molecule is Cc1cc(N(c2ccc3c(ccc4c5ccc6c7ccc8cc(N(c9cc(C)c(C)c(C)c9)c9ccc%10oc%11ccccc%11c%10c9)ccc8c7oc6c5oc34)c2)c2ccc3oc4ccccc4c3c2)cc(C)c1C. The second kappa shape index (κ2) is 15.6. The highest BCUT2D eigenvalue weighted by molar-refractivity contribution is 6.24. The molecule has 6 heteroatoms. The molecule has 0 unspecified atom stereocenters. The molecule has 74 heavy (non-hydrogen) atoms. The van der Waals surface area contributed by atoms with E-state index in [0.717, 1.165) is 143 Å². The summed E-state index contributed by atoms with van der Waals surface area (Å²) in [6.07, 6.45) is 0. The molecule has 0 saturated carbocycles. The Morgan fingerprint density at radius 2 is 0.581 bits per heavy atom. The van der Waals surface area contributed by atoms with Crippen molar-refractivity contribution in [3.05, 3.63) is 215 Å². The molecule has 0 saturated heterocycles. The molecular weight excluding hydrogens is 909 g/mol. The number of rotatable bonds is 6. The average Bonchev–Trinajstić information content (AvgIpc) is 4.20. The van der Waals surface area contributed by atoms with Crippen molar-refractivity contribution in [3.63, 3.8) is 0 Å². The molecule has 4 aromatic heterocycles. The molecule has 11 aromatic carbocycles. The van der Waals surface area contributed by atoms with E-state index in [-0.39, 0.29) is 0 Å². The van der Waals surface area contributed by atoms with Gasteiger partial charge < -0.3 is 27.5 Å². The molecule has 0 radical (unpaired) electrons. The molecule has 15 rings (SSSR count). The first kappa shape index (κ1) is 42.4. The molecule has 0 aliphatic rings. The Kier molecular flexibility index (Phi) is 8.95. The van der Waals surface area contributed by atoms with Crippen LogP contribution in [0.25, 0.3) is 109 Å². The van der Waals surface area contributed by atoms with Gasteiger partial charge in [-0.3, -0.25) is 0 Å². The second-order valence-corrected chi connectivity index (χ2v) is 20.4. The molecule has 354 valence electrons. The van der Waals surface area contributed by atoms with Gasteiger partial charge in [-0.2, -0.15) is 0 Å². The molecule has 0 fully saturated rings. The smallest absolute Gasteiger partial charge is 0.178 e. The zero-order valence-electron chi connectivity index (χ0n) is 41.8. The minimum atomic E-state index is 0.751. The van der Waals surface area contributed by atoms with E-state index in [1.54, 1.807) is 0 Å². The predicted octanol–water partition coefficient (Wildman–Crippen LogP) is 20.4. The molecular formula is C68H48N2O4. The fraction of sp³-hybridized carbons (Fsp3) is 0.0882. The Morgan fingerprint density at radius 1 is 0.243 bits per heavy atom. The van der Waals surface area contributed by atoms with Crippen LogP contribution in [-0.4, -0.2) is 0 Å². The van der Waals surface area contributed by atoms with Gasteiger partial charge >= 0.3 is 0 Å². The summed E-state index contributed by atoms with van der Waals surface area (Å²) in [6.45, 7) is 13.2. The third-order valence-electron chi connectivity index (χ3n) is 16.1. The minimum Gasteiger partial charge on any atom is -0.456 e. The standard InChI is InChI=1S/C68H48N2O4/c1-37-29-49(30-38(2)41(37)5)69(47-19-27-63-59(35-47)53-11-7-9-13-61(53)71-63)45-17-23-51-43(33-45)15-21-55-57-25-26-58-56-22-16-44-34-46(18-24-52(44)66(56)74-68(58)67(57)73-65(51)55)70(50-31-39(3)42(6)40(4)32-50)48-20-28-64-60(36-48)54-12-8-10-14-62(54)72-64/h7-36H,1-6H3. The summed E-state index contributed by atoms with van der Waals surface area (Å²) < 4.78 is 26.6. The maximum absolute atomic E-state index is 7.01. The number of benzene rings is 11. The van der Waals surface area contributed by atoms with Crippen molar-refractivity contribution in [2.24, 2.45) is 0 Å². The van der Waals surface area contributed by atoms with Crippen LogP contribution in [0.4, 0.5) is 34.1 Å². The second-order valence-electron chi connectivity index (χ2n) is 20.4. The fourth-order valence-corrected chi connectivity index (χ4v) is 11.8. The number of para-hydroxylation sites is 2. The van der Waals surface area contributed by atoms with Gasteiger partial charge in [0.05, 0.1) is 0 Å². The van der Waals surface area contributed by atoms with Gasteiger partial charge in [0, 0.05) is 88.0 Å². The van der Waals surface area contributed by atoms with Gasteiger partial charge in [0.25, 0.3) is 0 Å². The molecule has 6 nitrogen and oxygen atoms in total. The maximum atomic E-state index is 7.01. The first-order valence-electron chi connectivity index (χ1n) is 25.4. The van der Waals surface area contributed by atoms with Crippen LogP contribution in [0.1, 0.15) is 33.4 Å². The van der Waals surface area contributed by atoms with Gasteiger partial charge in [0.2, 0.25) is 0 Å². The fourth-order valence-electron chi connectivity index (χ4n) is 11.8. The Morgan fingerprint density at radius 3 is 1.01 bits per heavy atom. The lowest BCUT2D eigenvalue weighted by Crippen LogP contribution is -2.11. The molecule has 0 spiro atoms. The number of fused-ring (bicyclic) bond motifs is 17. The zero-order valence-corrected chi connectivity index (χ0v) is 41.8. The topological polar surface area (TPSA) is 59.0 Å². The number of hydrogen-bond acceptors (Lipinski definition) is 6. The van der Waals surface area contributed by atoms with Crippen LogP contribution in [0.15, 0.2) is 200 Å². The normalized spacial score (nSPS) is 12.2. The summed E-state index contributed by atoms with van der Waals surface area (Å²) in [7, 11) is 0. The summed E-state index contributed by atoms with van der Waals surface area (Å²) in [5, 5.41) is 12.8. The highest BCUT2D eigenvalue weighted by Crippen LogP contribution is 2.47. The van der Waals surface area contributed by atoms with E-state index < -0.39 is 0 Å². The third kappa shape index (κ3) is 6.24. The molecule has 0 N–H and O–H groups in total. The van der Waals surface area contributed by atoms with E-state index in [9.17, 15) is 0 Å². The van der Waals surface area contributed by atoms with Crippen molar-refractivity contribution >= 4 is 143 Å². The van der Waals surface area contributed by atoms with Crippen molar-refractivity contribution in [2.75, 3.05) is 9.80 Å². The van der Waals surface area contributed by atoms with Crippen molar-refractivity contribution in [1.82, 2.24) is 0 Å². The highest BCUT2D eigenvalue weighted by atomic mass is 16.4. The Bertz CT molecular complexity index is 4530. The lowest BCUT2D eigenvalue weighted by Gasteiger charge is -2.27. The quantitative estimate of drug-likeness (QED) is 0.165. The lowest BCUT2D eigenvalue weighted by atomic mass is 10.0. The van der Waals surface area contributed by atoms with E-state index in [1.165, 1.54) is 33.4 Å². The van der Waals surface area contributed by atoms with E-state index in [4.69, 9.17) is 17.7 Å². The van der Waals surface area contributed by atoms with Crippen LogP contribution in [0.5, 0.6) is 0 Å². The Labute approximate surface area is 425 Å². The molecule has 0 aliphatic heterocycles. The molecule has 4 heterocycles. The predicted molar refractivity (Wildman–Crippen MR) is 308 cm³/mol. The van der Waals surface area contributed by atoms with Crippen LogP contribution in [0.3, 0.4) is 0 Å². The van der Waals surface area contributed by atoms with Gasteiger partial charge in [-0.25, -0.2) is 0 Å².